The van der Waals surface area contributed by atoms with E-state index < -0.39 is 0 Å². The monoisotopic (exact) mass is 316 g/mol. The first-order valence-corrected chi connectivity index (χ1v) is 6.58. The number of anilines is 1. The first-order chi connectivity index (χ1) is 7.27. The zero-order valence-electron chi connectivity index (χ0n) is 9.04. The lowest BCUT2D eigenvalue weighted by Crippen LogP contribution is -2.35. The minimum absolute atomic E-state index is 0.587. The Morgan fingerprint density at radius 1 is 1.40 bits per heavy atom. The highest BCUT2D eigenvalue weighted by Gasteiger charge is 2.15. The molecule has 0 spiro atoms. The van der Waals surface area contributed by atoms with Gasteiger partial charge in [0, 0.05) is 22.7 Å². The van der Waals surface area contributed by atoms with Crippen molar-refractivity contribution in [3.05, 3.63) is 27.8 Å². The molecular formula is C12H17IN2. The summed E-state index contributed by atoms with van der Waals surface area (Å²) >= 11 is 2.42. The number of hydrogen-bond donors (Lipinski definition) is 1. The van der Waals surface area contributed by atoms with Crippen LogP contribution < -0.4 is 10.2 Å². The van der Waals surface area contributed by atoms with Gasteiger partial charge in [0.25, 0.3) is 0 Å². The summed E-state index contributed by atoms with van der Waals surface area (Å²) in [5, 5.41) is 3.52. The summed E-state index contributed by atoms with van der Waals surface area (Å²) in [6.07, 6.45) is 1.23. The molecule has 15 heavy (non-hydrogen) atoms. The molecule has 1 fully saturated rings. The van der Waals surface area contributed by atoms with Crippen LogP contribution in [0.5, 0.6) is 0 Å². The second kappa shape index (κ2) is 5.16. The predicted molar refractivity (Wildman–Crippen MR) is 73.5 cm³/mol. The first kappa shape index (κ1) is 11.2. The SMILES string of the molecule is CC1CN(c2ccccc2I)CCCN1. The lowest BCUT2D eigenvalue weighted by atomic mass is 10.2. The molecule has 1 aromatic carbocycles. The second-order valence-corrected chi connectivity index (χ2v) is 5.27. The molecule has 1 aliphatic rings. The van der Waals surface area contributed by atoms with Gasteiger partial charge in [0.1, 0.15) is 0 Å². The largest absolute Gasteiger partial charge is 0.369 e. The fourth-order valence-electron chi connectivity index (χ4n) is 2.03. The highest BCUT2D eigenvalue weighted by Crippen LogP contribution is 2.23. The van der Waals surface area contributed by atoms with Crippen LogP contribution in [0, 0.1) is 3.57 Å². The molecule has 82 valence electrons. The number of rotatable bonds is 1. The minimum atomic E-state index is 0.587. The molecule has 0 amide bonds. The molecule has 2 nitrogen and oxygen atoms in total. The Bertz CT molecular complexity index is 327. The summed E-state index contributed by atoms with van der Waals surface area (Å²) in [6, 6.07) is 9.22. The van der Waals surface area contributed by atoms with Crippen LogP contribution in [0.4, 0.5) is 5.69 Å². The van der Waals surface area contributed by atoms with Crippen molar-refractivity contribution in [2.75, 3.05) is 24.5 Å². The quantitative estimate of drug-likeness (QED) is 0.801. The van der Waals surface area contributed by atoms with E-state index in [0.717, 1.165) is 19.6 Å². The highest BCUT2D eigenvalue weighted by atomic mass is 127. The van der Waals surface area contributed by atoms with Crippen molar-refractivity contribution in [2.24, 2.45) is 0 Å². The standard InChI is InChI=1S/C12H17IN2/c1-10-9-15(8-4-7-14-10)12-6-3-2-5-11(12)13/h2-3,5-6,10,14H,4,7-9H2,1H3. The Morgan fingerprint density at radius 3 is 3.00 bits per heavy atom. The normalized spacial score (nSPS) is 22.5. The number of nitrogens with one attached hydrogen (secondary N) is 1. The van der Waals surface area contributed by atoms with Crippen molar-refractivity contribution in [2.45, 2.75) is 19.4 Å². The summed E-state index contributed by atoms with van der Waals surface area (Å²) in [5.41, 5.74) is 1.38. The van der Waals surface area contributed by atoms with Crippen molar-refractivity contribution in [3.63, 3.8) is 0 Å². The van der Waals surface area contributed by atoms with Crippen LogP contribution in [0.25, 0.3) is 0 Å². The molecule has 0 radical (unpaired) electrons. The van der Waals surface area contributed by atoms with Gasteiger partial charge < -0.3 is 10.2 Å². The molecule has 1 atom stereocenters. The van der Waals surface area contributed by atoms with Gasteiger partial charge in [0.15, 0.2) is 0 Å². The number of hydrogen-bond acceptors (Lipinski definition) is 2. The average molecular weight is 316 g/mol. The number of para-hydroxylation sites is 1. The lowest BCUT2D eigenvalue weighted by Gasteiger charge is -2.25. The Kier molecular flexibility index (Phi) is 3.86. The molecule has 1 N–H and O–H groups in total. The third kappa shape index (κ3) is 2.84. The van der Waals surface area contributed by atoms with E-state index in [1.165, 1.54) is 15.7 Å². The van der Waals surface area contributed by atoms with E-state index in [2.05, 4.69) is 64.0 Å². The molecular weight excluding hydrogens is 299 g/mol. The van der Waals surface area contributed by atoms with Gasteiger partial charge in [-0.2, -0.15) is 0 Å². The maximum absolute atomic E-state index is 3.52. The van der Waals surface area contributed by atoms with Crippen LogP contribution in [0.2, 0.25) is 0 Å². The maximum atomic E-state index is 3.52. The van der Waals surface area contributed by atoms with Crippen molar-refractivity contribution in [1.29, 1.82) is 0 Å². The van der Waals surface area contributed by atoms with Crippen molar-refractivity contribution >= 4 is 28.3 Å². The molecule has 0 aliphatic carbocycles. The third-order valence-corrected chi connectivity index (χ3v) is 3.70. The Hall–Kier alpha value is -0.290. The smallest absolute Gasteiger partial charge is 0.0502 e. The van der Waals surface area contributed by atoms with Gasteiger partial charge in [-0.3, -0.25) is 0 Å². The van der Waals surface area contributed by atoms with Gasteiger partial charge in [0.2, 0.25) is 0 Å². The van der Waals surface area contributed by atoms with Gasteiger partial charge in [-0.1, -0.05) is 12.1 Å². The average Bonchev–Trinajstić information content (AvgIpc) is 2.43. The summed E-state index contributed by atoms with van der Waals surface area (Å²) in [6.45, 7) is 5.67. The van der Waals surface area contributed by atoms with Crippen molar-refractivity contribution < 1.29 is 0 Å². The molecule has 1 saturated heterocycles. The molecule has 1 unspecified atom stereocenters. The first-order valence-electron chi connectivity index (χ1n) is 5.50. The van der Waals surface area contributed by atoms with Gasteiger partial charge in [0.05, 0.1) is 5.69 Å². The predicted octanol–water partition coefficient (Wildman–Crippen LogP) is 2.48. The molecule has 1 heterocycles. The van der Waals surface area contributed by atoms with Crippen LogP contribution >= 0.6 is 22.6 Å². The Balaban J connectivity index is 2.18. The molecule has 1 aliphatic heterocycles. The van der Waals surface area contributed by atoms with Gasteiger partial charge >= 0.3 is 0 Å². The van der Waals surface area contributed by atoms with Crippen LogP contribution in [-0.4, -0.2) is 25.7 Å². The van der Waals surface area contributed by atoms with E-state index in [1.807, 2.05) is 0 Å². The minimum Gasteiger partial charge on any atom is -0.369 e. The Labute approximate surface area is 105 Å². The lowest BCUT2D eigenvalue weighted by molar-refractivity contribution is 0.584. The van der Waals surface area contributed by atoms with E-state index in [1.54, 1.807) is 0 Å². The van der Waals surface area contributed by atoms with E-state index in [-0.39, 0.29) is 0 Å². The van der Waals surface area contributed by atoms with Crippen LogP contribution in [0.15, 0.2) is 24.3 Å². The fourth-order valence-corrected chi connectivity index (χ4v) is 2.76. The van der Waals surface area contributed by atoms with E-state index >= 15 is 0 Å². The van der Waals surface area contributed by atoms with E-state index in [0.29, 0.717) is 6.04 Å². The van der Waals surface area contributed by atoms with E-state index in [4.69, 9.17) is 0 Å². The summed E-state index contributed by atoms with van der Waals surface area (Å²) < 4.78 is 1.35. The van der Waals surface area contributed by atoms with Crippen LogP contribution in [0.1, 0.15) is 13.3 Å². The summed E-state index contributed by atoms with van der Waals surface area (Å²) in [7, 11) is 0. The third-order valence-electron chi connectivity index (χ3n) is 2.78. The van der Waals surface area contributed by atoms with Gasteiger partial charge in [-0.05, 0) is 54.6 Å². The number of benzene rings is 1. The van der Waals surface area contributed by atoms with Crippen LogP contribution in [0.3, 0.4) is 0 Å². The van der Waals surface area contributed by atoms with E-state index in [9.17, 15) is 0 Å². The highest BCUT2D eigenvalue weighted by molar-refractivity contribution is 14.1. The molecule has 2 rings (SSSR count). The summed E-state index contributed by atoms with van der Waals surface area (Å²) in [4.78, 5) is 2.49. The van der Waals surface area contributed by atoms with Crippen LogP contribution in [-0.2, 0) is 0 Å². The zero-order chi connectivity index (χ0) is 10.7. The number of nitrogens with zero attached hydrogens (tertiary/aromatic N) is 1. The number of halogens is 1. The fraction of sp³-hybridized carbons (Fsp3) is 0.500. The Morgan fingerprint density at radius 2 is 2.20 bits per heavy atom. The summed E-state index contributed by atoms with van der Waals surface area (Å²) in [5.74, 6) is 0. The topological polar surface area (TPSA) is 15.3 Å². The van der Waals surface area contributed by atoms with Gasteiger partial charge in [-0.25, -0.2) is 0 Å². The van der Waals surface area contributed by atoms with Gasteiger partial charge in [-0.15, -0.1) is 0 Å². The molecule has 0 bridgehead atoms. The van der Waals surface area contributed by atoms with Crippen molar-refractivity contribution in [1.82, 2.24) is 5.32 Å². The molecule has 0 aromatic heterocycles. The molecule has 0 saturated carbocycles. The van der Waals surface area contributed by atoms with Crippen molar-refractivity contribution in [3.8, 4) is 0 Å². The zero-order valence-corrected chi connectivity index (χ0v) is 11.2. The maximum Gasteiger partial charge on any atom is 0.0502 e. The molecule has 3 heteroatoms. The second-order valence-electron chi connectivity index (χ2n) is 4.11. The molecule has 1 aromatic rings.